The van der Waals surface area contributed by atoms with Crippen molar-refractivity contribution in [3.63, 3.8) is 0 Å². The van der Waals surface area contributed by atoms with Gasteiger partial charge < -0.3 is 39.4 Å². The van der Waals surface area contributed by atoms with Crippen molar-refractivity contribution in [2.24, 2.45) is 0 Å². The van der Waals surface area contributed by atoms with E-state index in [0.29, 0.717) is 6.42 Å². The minimum atomic E-state index is -1.59. The van der Waals surface area contributed by atoms with E-state index in [4.69, 9.17) is 18.9 Å². The van der Waals surface area contributed by atoms with Gasteiger partial charge in [-0.1, -0.05) is 186 Å². The van der Waals surface area contributed by atoms with Crippen LogP contribution in [0.25, 0.3) is 0 Å². The fraction of sp³-hybridized carbons (Fsp3) is 0.915. The smallest absolute Gasteiger partial charge is 0.306 e. The van der Waals surface area contributed by atoms with Gasteiger partial charge in [0, 0.05) is 12.8 Å². The first kappa shape index (κ1) is 53.5. The van der Waals surface area contributed by atoms with Crippen LogP contribution in [0.3, 0.4) is 0 Å². The van der Waals surface area contributed by atoms with Crippen LogP contribution < -0.4 is 0 Å². The molecule has 0 saturated carbocycles. The highest BCUT2D eigenvalue weighted by Gasteiger charge is 2.44. The summed E-state index contributed by atoms with van der Waals surface area (Å²) in [5.74, 6) is -0.796. The lowest BCUT2D eigenvalue weighted by atomic mass is 9.99. The lowest BCUT2D eigenvalue weighted by Crippen LogP contribution is -2.59. The number of hydrogen-bond donors (Lipinski definition) is 4. The highest BCUT2D eigenvalue weighted by Crippen LogP contribution is 2.23. The summed E-state index contributed by atoms with van der Waals surface area (Å²) in [6, 6.07) is 0. The first-order valence-electron chi connectivity index (χ1n) is 23.7. The molecule has 0 aliphatic carbocycles. The van der Waals surface area contributed by atoms with Crippen molar-refractivity contribution in [3.05, 3.63) is 12.7 Å². The van der Waals surface area contributed by atoms with Crippen LogP contribution in [0.5, 0.6) is 0 Å². The fourth-order valence-corrected chi connectivity index (χ4v) is 7.52. The number of esters is 2. The van der Waals surface area contributed by atoms with E-state index in [-0.39, 0.29) is 32.0 Å². The maximum atomic E-state index is 12.8. The third-order valence-electron chi connectivity index (χ3n) is 11.3. The molecule has 6 atom stereocenters. The summed E-state index contributed by atoms with van der Waals surface area (Å²) in [7, 11) is 0. The zero-order valence-corrected chi connectivity index (χ0v) is 36.4. The lowest BCUT2D eigenvalue weighted by Gasteiger charge is -2.39. The van der Waals surface area contributed by atoms with Crippen molar-refractivity contribution in [3.8, 4) is 0 Å². The molecule has 0 bridgehead atoms. The van der Waals surface area contributed by atoms with Gasteiger partial charge in [0.2, 0.25) is 0 Å². The Morgan fingerprint density at radius 3 is 1.39 bits per heavy atom. The number of allylic oxidation sites excluding steroid dienone is 1. The second kappa shape index (κ2) is 38.6. The third kappa shape index (κ3) is 30.2. The van der Waals surface area contributed by atoms with Crippen molar-refractivity contribution in [2.45, 2.75) is 256 Å². The van der Waals surface area contributed by atoms with Crippen molar-refractivity contribution in [1.29, 1.82) is 0 Å². The largest absolute Gasteiger partial charge is 0.462 e. The van der Waals surface area contributed by atoms with Crippen LogP contribution in [0.1, 0.15) is 219 Å². The fourth-order valence-electron chi connectivity index (χ4n) is 7.52. The Balaban J connectivity index is 2.28. The van der Waals surface area contributed by atoms with Gasteiger partial charge in [-0.05, 0) is 25.7 Å². The molecule has 0 amide bonds. The van der Waals surface area contributed by atoms with Gasteiger partial charge in [0.05, 0.1) is 13.2 Å². The molecule has 0 aromatic rings. The summed E-state index contributed by atoms with van der Waals surface area (Å²) >= 11 is 0. The predicted molar refractivity (Wildman–Crippen MR) is 229 cm³/mol. The van der Waals surface area contributed by atoms with Crippen LogP contribution in [0, 0.1) is 0 Å². The minimum Gasteiger partial charge on any atom is -0.462 e. The summed E-state index contributed by atoms with van der Waals surface area (Å²) in [5, 5.41) is 40.1. The van der Waals surface area contributed by atoms with Gasteiger partial charge in [-0.25, -0.2) is 0 Å². The number of carbonyl (C=O) groups excluding carboxylic acids is 2. The van der Waals surface area contributed by atoms with E-state index in [2.05, 4.69) is 13.5 Å². The number of unbranched alkanes of at least 4 members (excludes halogenated alkanes) is 29. The Hall–Kier alpha value is -1.56. The van der Waals surface area contributed by atoms with Crippen LogP contribution in [-0.2, 0) is 28.5 Å². The average Bonchev–Trinajstić information content (AvgIpc) is 3.21. The van der Waals surface area contributed by atoms with Crippen LogP contribution >= 0.6 is 0 Å². The van der Waals surface area contributed by atoms with Crippen molar-refractivity contribution in [2.75, 3.05) is 19.8 Å². The number of rotatable bonds is 41. The lowest BCUT2D eigenvalue weighted by molar-refractivity contribution is -0.305. The summed E-state index contributed by atoms with van der Waals surface area (Å²) in [6.45, 7) is 4.98. The van der Waals surface area contributed by atoms with E-state index in [1.807, 2.05) is 6.08 Å². The van der Waals surface area contributed by atoms with Crippen LogP contribution in [0.2, 0.25) is 0 Å². The monoisotopic (exact) mass is 813 g/mol. The van der Waals surface area contributed by atoms with Gasteiger partial charge in [0.1, 0.15) is 31.0 Å². The molecule has 0 spiro atoms. The number of carbonyl (C=O) groups is 2. The Morgan fingerprint density at radius 1 is 0.561 bits per heavy atom. The first-order chi connectivity index (χ1) is 27.8. The minimum absolute atomic E-state index is 0.212. The van der Waals surface area contributed by atoms with Crippen molar-refractivity contribution < 1.29 is 49.0 Å². The summed E-state index contributed by atoms with van der Waals surface area (Å²) < 4.78 is 22.2. The van der Waals surface area contributed by atoms with Crippen LogP contribution in [0.4, 0.5) is 0 Å². The molecule has 2 unspecified atom stereocenters. The van der Waals surface area contributed by atoms with E-state index < -0.39 is 49.4 Å². The summed E-state index contributed by atoms with van der Waals surface area (Å²) in [5.41, 5.74) is 0. The van der Waals surface area contributed by atoms with E-state index in [1.165, 1.54) is 148 Å². The van der Waals surface area contributed by atoms with Gasteiger partial charge >= 0.3 is 11.9 Å². The normalized spacial score (nSPS) is 20.1. The quantitative estimate of drug-likeness (QED) is 0.0267. The third-order valence-corrected chi connectivity index (χ3v) is 11.3. The topological polar surface area (TPSA) is 152 Å². The second-order valence-electron chi connectivity index (χ2n) is 16.7. The molecule has 1 aliphatic rings. The first-order valence-corrected chi connectivity index (χ1v) is 23.7. The maximum Gasteiger partial charge on any atom is 0.306 e. The molecule has 10 heteroatoms. The molecule has 0 aromatic carbocycles. The van der Waals surface area contributed by atoms with Gasteiger partial charge in [-0.2, -0.15) is 0 Å². The highest BCUT2D eigenvalue weighted by atomic mass is 16.7. The predicted octanol–water partition coefficient (Wildman–Crippen LogP) is 10.3. The Labute approximate surface area is 348 Å². The van der Waals surface area contributed by atoms with Gasteiger partial charge in [-0.15, -0.1) is 6.58 Å². The molecular formula is C47H88O10. The number of hydrogen-bond acceptors (Lipinski definition) is 10. The Bertz CT molecular complexity index is 930. The molecule has 1 rings (SSSR count). The Morgan fingerprint density at radius 2 is 0.965 bits per heavy atom. The SMILES string of the molecule is C=CCCCCCCCCCCCCCCCC(=O)O[C@@H](COC(=O)CCCCCCCCCCCCCCCCCCC)CO[C@H]1O[C@@H](CO)[C@@H](O)C(O)C1O. The maximum absolute atomic E-state index is 12.8. The number of aliphatic hydroxyl groups is 4. The molecule has 1 heterocycles. The molecule has 1 aliphatic heterocycles. The average molecular weight is 813 g/mol. The molecule has 1 fully saturated rings. The highest BCUT2D eigenvalue weighted by molar-refractivity contribution is 5.70. The van der Waals surface area contributed by atoms with Gasteiger partial charge in [0.25, 0.3) is 0 Å². The van der Waals surface area contributed by atoms with Gasteiger partial charge in [-0.3, -0.25) is 9.59 Å². The molecule has 0 radical (unpaired) electrons. The zero-order valence-electron chi connectivity index (χ0n) is 36.4. The standard InChI is InChI=1S/C47H88O10/c1-3-5-7-9-11-13-15-17-19-20-22-23-25-27-29-31-33-35-42(49)54-38-40(39-55-47-46(53)45(52)44(51)41(37-48)57-47)56-43(50)36-34-32-30-28-26-24-21-18-16-14-12-10-8-6-4-2/h4,40-41,44-48,51-53H,2-3,5-39H2,1H3/t40-,41-,44+,45?,46?,47-/m0/s1. The number of ether oxygens (including phenoxy) is 4. The summed E-state index contributed by atoms with van der Waals surface area (Å²) in [4.78, 5) is 25.4. The van der Waals surface area contributed by atoms with Crippen molar-refractivity contribution >= 4 is 11.9 Å². The Kier molecular flexibility index (Phi) is 36.2. The van der Waals surface area contributed by atoms with Crippen molar-refractivity contribution in [1.82, 2.24) is 0 Å². The number of aliphatic hydroxyl groups excluding tert-OH is 4. The molecular weight excluding hydrogens is 725 g/mol. The molecule has 336 valence electrons. The molecule has 4 N–H and O–H groups in total. The van der Waals surface area contributed by atoms with E-state index in [0.717, 1.165) is 44.9 Å². The zero-order chi connectivity index (χ0) is 41.6. The van der Waals surface area contributed by atoms with E-state index >= 15 is 0 Å². The van der Waals surface area contributed by atoms with E-state index in [1.54, 1.807) is 0 Å². The molecule has 1 saturated heterocycles. The van der Waals surface area contributed by atoms with Gasteiger partial charge in [0.15, 0.2) is 12.4 Å². The van der Waals surface area contributed by atoms with E-state index in [9.17, 15) is 30.0 Å². The molecule has 0 aromatic heterocycles. The van der Waals surface area contributed by atoms with Crippen LogP contribution in [-0.4, -0.2) is 89.0 Å². The van der Waals surface area contributed by atoms with Crippen LogP contribution in [0.15, 0.2) is 12.7 Å². The molecule has 57 heavy (non-hydrogen) atoms. The second-order valence-corrected chi connectivity index (χ2v) is 16.7. The summed E-state index contributed by atoms with van der Waals surface area (Å²) in [6.07, 6.45) is 32.5. The molecule has 10 nitrogen and oxygen atoms in total.